The average Bonchev–Trinajstić information content (AvgIpc) is 3.08. The summed E-state index contributed by atoms with van der Waals surface area (Å²) in [4.78, 5) is 7.41. The van der Waals surface area contributed by atoms with Crippen LogP contribution in [-0.4, -0.2) is 51.3 Å². The second-order valence-electron chi connectivity index (χ2n) is 8.33. The first-order valence-electron chi connectivity index (χ1n) is 11.2. The molecule has 7 nitrogen and oxygen atoms in total. The van der Waals surface area contributed by atoms with Crippen LogP contribution < -0.4 is 10.6 Å². The number of aromatic nitrogens is 3. The minimum Gasteiger partial charge on any atom is -0.356 e. The largest absolute Gasteiger partial charge is 0.356 e. The molecule has 1 aromatic carbocycles. The highest BCUT2D eigenvalue weighted by molar-refractivity contribution is 14.0. The fourth-order valence-corrected chi connectivity index (χ4v) is 3.90. The van der Waals surface area contributed by atoms with Crippen LogP contribution in [0.1, 0.15) is 62.8 Å². The van der Waals surface area contributed by atoms with E-state index in [0.717, 1.165) is 37.1 Å². The Labute approximate surface area is 204 Å². The van der Waals surface area contributed by atoms with Crippen LogP contribution in [0, 0.1) is 6.92 Å². The van der Waals surface area contributed by atoms with Gasteiger partial charge in [0.2, 0.25) is 0 Å². The maximum Gasteiger partial charge on any atom is 0.192 e. The third-order valence-corrected chi connectivity index (χ3v) is 6.07. The van der Waals surface area contributed by atoms with Gasteiger partial charge >= 0.3 is 0 Å². The third kappa shape index (κ3) is 7.75. The van der Waals surface area contributed by atoms with Crippen molar-refractivity contribution in [3.8, 4) is 0 Å². The summed E-state index contributed by atoms with van der Waals surface area (Å²) in [5.74, 6) is 2.58. The van der Waals surface area contributed by atoms with Gasteiger partial charge in [-0.3, -0.25) is 0 Å². The fraction of sp³-hybridized carbons (Fsp3) is 0.609. The number of piperidine rings is 1. The van der Waals surface area contributed by atoms with E-state index >= 15 is 0 Å². The lowest BCUT2D eigenvalue weighted by atomic mass is 10.0. The normalized spacial score (nSPS) is 18.3. The Hall–Kier alpha value is -1.68. The number of nitrogens with one attached hydrogen (secondary N) is 2. The molecule has 1 aliphatic heterocycles. The van der Waals surface area contributed by atoms with Crippen LogP contribution >= 0.6 is 24.0 Å². The van der Waals surface area contributed by atoms with Crippen LogP contribution in [0.25, 0.3) is 0 Å². The van der Waals surface area contributed by atoms with Gasteiger partial charge < -0.3 is 20.1 Å². The number of hydrogen-bond acceptors (Lipinski definition) is 4. The van der Waals surface area contributed by atoms with E-state index in [1.54, 1.807) is 0 Å². The highest BCUT2D eigenvalue weighted by Crippen LogP contribution is 2.16. The Bertz CT molecular complexity index is 806. The second-order valence-corrected chi connectivity index (χ2v) is 8.33. The lowest BCUT2D eigenvalue weighted by Crippen LogP contribution is -2.42. The molecule has 1 aromatic heterocycles. The summed E-state index contributed by atoms with van der Waals surface area (Å²) in [5.41, 5.74) is 1.24. The second kappa shape index (κ2) is 13.0. The molecule has 1 saturated heterocycles. The molecule has 1 fully saturated rings. The molecule has 0 amide bonds. The number of aliphatic imine (C=N–C) groups is 1. The maximum atomic E-state index is 4.79. The van der Waals surface area contributed by atoms with Crippen molar-refractivity contribution >= 4 is 29.9 Å². The highest BCUT2D eigenvalue weighted by Gasteiger charge is 2.17. The Morgan fingerprint density at radius 3 is 2.68 bits per heavy atom. The lowest BCUT2D eigenvalue weighted by Gasteiger charge is -2.33. The summed E-state index contributed by atoms with van der Waals surface area (Å²) in [6.07, 6.45) is 5.13. The Morgan fingerprint density at radius 1 is 1.23 bits per heavy atom. The minimum atomic E-state index is 0. The van der Waals surface area contributed by atoms with Crippen LogP contribution in [0.2, 0.25) is 0 Å². The van der Waals surface area contributed by atoms with Gasteiger partial charge in [-0.25, -0.2) is 4.99 Å². The van der Waals surface area contributed by atoms with Crippen molar-refractivity contribution < 1.29 is 0 Å². The predicted octanol–water partition coefficient (Wildman–Crippen LogP) is 3.80. The van der Waals surface area contributed by atoms with Crippen LogP contribution in [0.15, 0.2) is 35.3 Å². The maximum absolute atomic E-state index is 4.79. The van der Waals surface area contributed by atoms with Gasteiger partial charge in [0.1, 0.15) is 12.4 Å². The molecule has 0 radical (unpaired) electrons. The molecular weight excluding hydrogens is 501 g/mol. The van der Waals surface area contributed by atoms with Crippen LogP contribution in [0.4, 0.5) is 0 Å². The number of rotatable bonds is 8. The highest BCUT2D eigenvalue weighted by atomic mass is 127. The topological polar surface area (TPSA) is 70.4 Å². The Morgan fingerprint density at radius 2 is 2.00 bits per heavy atom. The van der Waals surface area contributed by atoms with Gasteiger partial charge in [0.05, 0.1) is 6.04 Å². The number of hydrogen-bond donors (Lipinski definition) is 2. The SMILES string of the molecule is Cc1nnc(CN=C(NCCCN2CCCCC2C)NC(C)c2ccccc2)n1C.I. The van der Waals surface area contributed by atoms with E-state index in [4.69, 9.17) is 4.99 Å². The first kappa shape index (κ1) is 25.6. The van der Waals surface area contributed by atoms with Gasteiger partial charge in [-0.05, 0) is 52.1 Å². The zero-order valence-electron chi connectivity index (χ0n) is 19.3. The Balaban J connectivity index is 0.00000341. The molecule has 2 N–H and O–H groups in total. The van der Waals surface area contributed by atoms with Crippen molar-refractivity contribution in [2.24, 2.45) is 12.0 Å². The first-order chi connectivity index (χ1) is 14.5. The number of aryl methyl sites for hydroxylation is 1. The van der Waals surface area contributed by atoms with E-state index < -0.39 is 0 Å². The van der Waals surface area contributed by atoms with Crippen molar-refractivity contribution in [3.05, 3.63) is 47.5 Å². The molecule has 172 valence electrons. The summed E-state index contributed by atoms with van der Waals surface area (Å²) < 4.78 is 1.99. The van der Waals surface area contributed by atoms with Crippen molar-refractivity contribution in [2.75, 3.05) is 19.6 Å². The van der Waals surface area contributed by atoms with E-state index in [-0.39, 0.29) is 30.0 Å². The monoisotopic (exact) mass is 539 g/mol. The van der Waals surface area contributed by atoms with E-state index in [1.165, 1.54) is 31.4 Å². The Kier molecular flexibility index (Phi) is 10.7. The molecule has 31 heavy (non-hydrogen) atoms. The van der Waals surface area contributed by atoms with Gasteiger partial charge in [-0.1, -0.05) is 36.8 Å². The lowest BCUT2D eigenvalue weighted by molar-refractivity contribution is 0.159. The number of benzene rings is 1. The van der Waals surface area contributed by atoms with Gasteiger partial charge in [0, 0.05) is 26.2 Å². The molecule has 2 atom stereocenters. The average molecular weight is 540 g/mol. The minimum absolute atomic E-state index is 0. The van der Waals surface area contributed by atoms with Crippen molar-refractivity contribution in [2.45, 2.75) is 65.1 Å². The number of nitrogens with zero attached hydrogens (tertiary/aromatic N) is 5. The molecule has 0 aliphatic carbocycles. The molecular formula is C23H38IN7. The number of likely N-dealkylation sites (tertiary alicyclic amines) is 1. The van der Waals surface area contributed by atoms with Crippen molar-refractivity contribution in [3.63, 3.8) is 0 Å². The summed E-state index contributed by atoms with van der Waals surface area (Å²) in [6.45, 7) is 10.2. The van der Waals surface area contributed by atoms with Gasteiger partial charge in [0.25, 0.3) is 0 Å². The molecule has 8 heteroatoms. The van der Waals surface area contributed by atoms with Crippen molar-refractivity contribution in [1.29, 1.82) is 0 Å². The van der Waals surface area contributed by atoms with Gasteiger partial charge in [-0.15, -0.1) is 34.2 Å². The summed E-state index contributed by atoms with van der Waals surface area (Å²) in [5, 5.41) is 15.4. The zero-order valence-corrected chi connectivity index (χ0v) is 21.7. The summed E-state index contributed by atoms with van der Waals surface area (Å²) >= 11 is 0. The third-order valence-electron chi connectivity index (χ3n) is 6.07. The summed E-state index contributed by atoms with van der Waals surface area (Å²) in [6, 6.07) is 11.3. The molecule has 0 bridgehead atoms. The molecule has 0 saturated carbocycles. The van der Waals surface area contributed by atoms with Crippen LogP contribution in [-0.2, 0) is 13.6 Å². The van der Waals surface area contributed by atoms with Crippen LogP contribution in [0.5, 0.6) is 0 Å². The van der Waals surface area contributed by atoms with Crippen LogP contribution in [0.3, 0.4) is 0 Å². The fourth-order valence-electron chi connectivity index (χ4n) is 3.90. The van der Waals surface area contributed by atoms with E-state index in [0.29, 0.717) is 12.6 Å². The van der Waals surface area contributed by atoms with Gasteiger partial charge in [0.15, 0.2) is 11.8 Å². The first-order valence-corrected chi connectivity index (χ1v) is 11.2. The molecule has 2 heterocycles. The van der Waals surface area contributed by atoms with E-state index in [1.807, 2.05) is 24.6 Å². The van der Waals surface area contributed by atoms with Gasteiger partial charge in [-0.2, -0.15) is 0 Å². The molecule has 0 spiro atoms. The number of guanidine groups is 1. The van der Waals surface area contributed by atoms with E-state index in [2.05, 4.69) is 63.8 Å². The molecule has 1 aliphatic rings. The quantitative estimate of drug-likeness (QED) is 0.231. The van der Waals surface area contributed by atoms with Crippen molar-refractivity contribution in [1.82, 2.24) is 30.3 Å². The van der Waals surface area contributed by atoms with E-state index in [9.17, 15) is 0 Å². The molecule has 2 aromatic rings. The number of halogens is 1. The summed E-state index contributed by atoms with van der Waals surface area (Å²) in [7, 11) is 1.98. The molecule has 2 unspecified atom stereocenters. The molecule has 3 rings (SSSR count). The predicted molar refractivity (Wildman–Crippen MR) is 138 cm³/mol. The smallest absolute Gasteiger partial charge is 0.192 e. The standard InChI is InChI=1S/C23H37N7.HI/c1-18-11-8-9-15-30(18)16-10-14-24-23(25-17-22-28-27-20(3)29(22)4)26-19(2)21-12-6-5-7-13-21;/h5-7,12-13,18-19H,8-11,14-17H2,1-4H3,(H2,24,25,26);1H. The zero-order chi connectivity index (χ0) is 21.3.